The lowest BCUT2D eigenvalue weighted by atomic mass is 10.2. The maximum atomic E-state index is 10.6. The smallest absolute Gasteiger partial charge is 0.163 e. The molecule has 3 heterocycles. The molecule has 0 atom stereocenters. The van der Waals surface area contributed by atoms with Crippen LogP contribution in [0.2, 0.25) is 5.02 Å². The molecular formula is C21H16ClN3O3S. The SMILES string of the molecule is N=C1C(c2nc(-c3ccc(Cl)cc3)cs2)=C(O)CN1c1ccc2c(c1)OCCO2. The molecule has 1 aromatic heterocycles. The second kappa shape index (κ2) is 7.09. The van der Waals surface area contributed by atoms with E-state index in [4.69, 9.17) is 26.5 Å². The van der Waals surface area contributed by atoms with Gasteiger partial charge in [-0.25, -0.2) is 4.98 Å². The Morgan fingerprint density at radius 3 is 2.62 bits per heavy atom. The van der Waals surface area contributed by atoms with Crippen LogP contribution in [-0.4, -0.2) is 35.7 Å². The summed E-state index contributed by atoms with van der Waals surface area (Å²) in [7, 11) is 0. The monoisotopic (exact) mass is 425 g/mol. The summed E-state index contributed by atoms with van der Waals surface area (Å²) in [6.07, 6.45) is 0. The lowest BCUT2D eigenvalue weighted by Gasteiger charge is -2.23. The van der Waals surface area contributed by atoms with Crippen LogP contribution in [0, 0.1) is 5.41 Å². The van der Waals surface area contributed by atoms with Gasteiger partial charge in [0.05, 0.1) is 17.8 Å². The van der Waals surface area contributed by atoms with E-state index in [1.807, 2.05) is 47.8 Å². The number of rotatable bonds is 3. The summed E-state index contributed by atoms with van der Waals surface area (Å²) in [6.45, 7) is 1.23. The van der Waals surface area contributed by atoms with Crippen molar-refractivity contribution in [3.05, 3.63) is 63.6 Å². The van der Waals surface area contributed by atoms with Crippen LogP contribution >= 0.6 is 22.9 Å². The number of fused-ring (bicyclic) bond motifs is 1. The second-order valence-electron chi connectivity index (χ2n) is 6.63. The molecule has 0 saturated carbocycles. The Labute approximate surface area is 176 Å². The van der Waals surface area contributed by atoms with Gasteiger partial charge in [-0.05, 0) is 24.3 Å². The number of halogens is 1. The fourth-order valence-corrected chi connectivity index (χ4v) is 4.39. The van der Waals surface area contributed by atoms with Gasteiger partial charge in [0.25, 0.3) is 0 Å². The summed E-state index contributed by atoms with van der Waals surface area (Å²) < 4.78 is 11.2. The zero-order chi connectivity index (χ0) is 20.0. The molecule has 29 heavy (non-hydrogen) atoms. The number of ether oxygens (including phenoxy) is 2. The zero-order valence-electron chi connectivity index (χ0n) is 15.2. The normalized spacial score (nSPS) is 15.9. The van der Waals surface area contributed by atoms with Gasteiger partial charge in [0.2, 0.25) is 0 Å². The van der Waals surface area contributed by atoms with Crippen LogP contribution in [0.25, 0.3) is 16.8 Å². The fraction of sp³-hybridized carbons (Fsp3) is 0.143. The van der Waals surface area contributed by atoms with Gasteiger partial charge in [0.1, 0.15) is 29.8 Å². The van der Waals surface area contributed by atoms with Crippen LogP contribution in [0.4, 0.5) is 5.69 Å². The number of thiazole rings is 1. The van der Waals surface area contributed by atoms with Gasteiger partial charge in [-0.1, -0.05) is 23.7 Å². The molecule has 0 fully saturated rings. The summed E-state index contributed by atoms with van der Waals surface area (Å²) in [6, 6.07) is 12.9. The summed E-state index contributed by atoms with van der Waals surface area (Å²) in [5.74, 6) is 1.67. The molecular weight excluding hydrogens is 410 g/mol. The molecule has 0 amide bonds. The highest BCUT2D eigenvalue weighted by Gasteiger charge is 2.32. The molecule has 8 heteroatoms. The Morgan fingerprint density at radius 1 is 1.07 bits per heavy atom. The fourth-order valence-electron chi connectivity index (χ4n) is 3.37. The highest BCUT2D eigenvalue weighted by Crippen LogP contribution is 2.38. The zero-order valence-corrected chi connectivity index (χ0v) is 16.8. The molecule has 0 bridgehead atoms. The quantitative estimate of drug-likeness (QED) is 0.617. The molecule has 0 saturated heterocycles. The number of nitrogens with one attached hydrogen (secondary N) is 1. The third-order valence-electron chi connectivity index (χ3n) is 4.80. The highest BCUT2D eigenvalue weighted by molar-refractivity contribution is 7.11. The number of anilines is 1. The van der Waals surface area contributed by atoms with Gasteiger partial charge < -0.3 is 19.5 Å². The Kier molecular flexibility index (Phi) is 4.41. The number of hydrogen-bond donors (Lipinski definition) is 2. The summed E-state index contributed by atoms with van der Waals surface area (Å²) >= 11 is 7.36. The van der Waals surface area contributed by atoms with E-state index in [-0.39, 0.29) is 18.1 Å². The Balaban J connectivity index is 1.43. The van der Waals surface area contributed by atoms with Crippen molar-refractivity contribution in [3.8, 4) is 22.8 Å². The molecule has 0 spiro atoms. The summed E-state index contributed by atoms with van der Waals surface area (Å²) in [4.78, 5) is 6.37. The first kappa shape index (κ1) is 18.0. The molecule has 2 N–H and O–H groups in total. The Bertz CT molecular complexity index is 1140. The maximum absolute atomic E-state index is 10.6. The van der Waals surface area contributed by atoms with Gasteiger partial charge in [0, 0.05) is 27.7 Å². The number of aliphatic hydroxyl groups excluding tert-OH is 1. The molecule has 5 rings (SSSR count). The van der Waals surface area contributed by atoms with Crippen molar-refractivity contribution >= 4 is 40.0 Å². The van der Waals surface area contributed by atoms with E-state index in [0.717, 1.165) is 16.9 Å². The van der Waals surface area contributed by atoms with E-state index in [1.165, 1.54) is 11.3 Å². The van der Waals surface area contributed by atoms with Crippen LogP contribution in [0.5, 0.6) is 11.5 Å². The Hall–Kier alpha value is -3.03. The van der Waals surface area contributed by atoms with Gasteiger partial charge >= 0.3 is 0 Å². The van der Waals surface area contributed by atoms with Crippen LogP contribution in [0.1, 0.15) is 5.01 Å². The minimum Gasteiger partial charge on any atom is -0.510 e. The minimum absolute atomic E-state index is 0.127. The third-order valence-corrected chi connectivity index (χ3v) is 5.91. The number of aromatic nitrogens is 1. The van der Waals surface area contributed by atoms with Gasteiger partial charge in [-0.3, -0.25) is 5.41 Å². The van der Waals surface area contributed by atoms with Crippen LogP contribution in [0.15, 0.2) is 53.6 Å². The average Bonchev–Trinajstić information content (AvgIpc) is 3.32. The van der Waals surface area contributed by atoms with Crippen molar-refractivity contribution in [2.45, 2.75) is 0 Å². The van der Waals surface area contributed by atoms with Crippen molar-refractivity contribution in [1.29, 1.82) is 5.41 Å². The number of hydrogen-bond acceptors (Lipinski definition) is 6. The van der Waals surface area contributed by atoms with Crippen LogP contribution in [-0.2, 0) is 0 Å². The second-order valence-corrected chi connectivity index (χ2v) is 7.92. The molecule has 2 aliphatic rings. The Morgan fingerprint density at radius 2 is 1.83 bits per heavy atom. The van der Waals surface area contributed by atoms with Crippen LogP contribution in [0.3, 0.4) is 0 Å². The van der Waals surface area contributed by atoms with E-state index in [2.05, 4.69) is 4.98 Å². The van der Waals surface area contributed by atoms with E-state index in [1.54, 1.807) is 4.90 Å². The summed E-state index contributed by atoms with van der Waals surface area (Å²) in [5.41, 5.74) is 2.93. The van der Waals surface area contributed by atoms with E-state index < -0.39 is 0 Å². The topological polar surface area (TPSA) is 78.7 Å². The van der Waals surface area contributed by atoms with E-state index in [9.17, 15) is 5.11 Å². The van der Waals surface area contributed by atoms with Crippen molar-refractivity contribution in [1.82, 2.24) is 4.98 Å². The van der Waals surface area contributed by atoms with E-state index >= 15 is 0 Å². The molecule has 2 aliphatic heterocycles. The van der Waals surface area contributed by atoms with Crippen molar-refractivity contribution < 1.29 is 14.6 Å². The number of amidine groups is 1. The summed E-state index contributed by atoms with van der Waals surface area (Å²) in [5, 5.41) is 22.4. The largest absolute Gasteiger partial charge is 0.510 e. The first-order chi connectivity index (χ1) is 14.1. The lowest BCUT2D eigenvalue weighted by Crippen LogP contribution is -2.26. The lowest BCUT2D eigenvalue weighted by molar-refractivity contribution is 0.171. The predicted molar refractivity (Wildman–Crippen MR) is 115 cm³/mol. The molecule has 3 aromatic rings. The number of aliphatic hydroxyl groups is 1. The predicted octanol–water partition coefficient (Wildman–Crippen LogP) is 5.00. The molecule has 0 aliphatic carbocycles. The maximum Gasteiger partial charge on any atom is 0.163 e. The number of nitrogens with zero attached hydrogens (tertiary/aromatic N) is 2. The van der Waals surface area contributed by atoms with E-state index in [0.29, 0.717) is 40.3 Å². The van der Waals surface area contributed by atoms with Gasteiger partial charge in [0.15, 0.2) is 11.5 Å². The van der Waals surface area contributed by atoms with Gasteiger partial charge in [-0.15, -0.1) is 11.3 Å². The molecule has 0 unspecified atom stereocenters. The van der Waals surface area contributed by atoms with Gasteiger partial charge in [-0.2, -0.15) is 0 Å². The molecule has 146 valence electrons. The third kappa shape index (κ3) is 3.22. The number of benzene rings is 2. The molecule has 2 aromatic carbocycles. The average molecular weight is 426 g/mol. The standard InChI is InChI=1S/C21H16ClN3O3S/c22-13-3-1-12(2-4-13)15-11-29-21(24-15)19-16(26)10-25(20(19)23)14-5-6-17-18(9-14)28-8-7-27-17/h1-6,9,11,23,26H,7-8,10H2. The molecule has 6 nitrogen and oxygen atoms in total. The first-order valence-corrected chi connectivity index (χ1v) is 10.3. The first-order valence-electron chi connectivity index (χ1n) is 9.00. The highest BCUT2D eigenvalue weighted by atomic mass is 35.5. The molecule has 0 radical (unpaired) electrons. The van der Waals surface area contributed by atoms with Crippen LogP contribution < -0.4 is 14.4 Å². The van der Waals surface area contributed by atoms with Crippen molar-refractivity contribution in [2.75, 3.05) is 24.7 Å². The minimum atomic E-state index is 0.127. The van der Waals surface area contributed by atoms with Crippen molar-refractivity contribution in [2.24, 2.45) is 0 Å². The van der Waals surface area contributed by atoms with Crippen molar-refractivity contribution in [3.63, 3.8) is 0 Å².